The fourth-order valence-corrected chi connectivity index (χ4v) is 4.45. The topological polar surface area (TPSA) is 12.5 Å². The van der Waals surface area contributed by atoms with Gasteiger partial charge in [-0.2, -0.15) is 0 Å². The Bertz CT molecular complexity index is 1270. The van der Waals surface area contributed by atoms with Crippen molar-refractivity contribution in [2.75, 3.05) is 6.61 Å². The zero-order chi connectivity index (χ0) is 23.7. The maximum absolute atomic E-state index is 15.0. The molecule has 5 rings (SSSR count). The Hall–Kier alpha value is -3.37. The Morgan fingerprint density at radius 1 is 0.824 bits per heavy atom. The summed E-state index contributed by atoms with van der Waals surface area (Å²) >= 11 is 0. The van der Waals surface area contributed by atoms with E-state index in [1.165, 1.54) is 0 Å². The summed E-state index contributed by atoms with van der Waals surface area (Å²) < 4.78 is 49.5. The zero-order valence-electron chi connectivity index (χ0n) is 18.7. The monoisotopic (exact) mass is 458 g/mol. The van der Waals surface area contributed by atoms with Crippen molar-refractivity contribution >= 4 is 6.08 Å². The van der Waals surface area contributed by atoms with E-state index in [9.17, 15) is 13.2 Å². The van der Waals surface area contributed by atoms with Crippen LogP contribution >= 0.6 is 0 Å². The Kier molecular flexibility index (Phi) is 6.25. The molecule has 3 aromatic carbocycles. The number of halogens is 3. The summed E-state index contributed by atoms with van der Waals surface area (Å²) in [6.07, 6.45) is 7.62. The first-order chi connectivity index (χ1) is 16.5. The molecule has 1 fully saturated rings. The molecule has 2 aliphatic rings. The van der Waals surface area contributed by atoms with Crippen LogP contribution in [0.3, 0.4) is 0 Å². The lowest BCUT2D eigenvalue weighted by atomic mass is 9.90. The standard InChI is InChI=1S/C30H25F3O/c1-2-19-3-8-21(9-4-19)25-15-16-26(30(33)29(25)32)22-10-5-20(6-11-22)7-12-23-13-14-24(17-27(23)31)28-18-34-28/h2-6,8-11,13,15-17,24,28H,1,7,12,14,18H2. The highest BCUT2D eigenvalue weighted by Gasteiger charge is 2.32. The molecule has 172 valence electrons. The molecule has 2 unspecified atom stereocenters. The van der Waals surface area contributed by atoms with Gasteiger partial charge in [0.05, 0.1) is 12.7 Å². The van der Waals surface area contributed by atoms with E-state index in [2.05, 4.69) is 6.58 Å². The highest BCUT2D eigenvalue weighted by Crippen LogP contribution is 2.34. The van der Waals surface area contributed by atoms with E-state index in [0.717, 1.165) is 29.7 Å². The van der Waals surface area contributed by atoms with Crippen LogP contribution < -0.4 is 0 Å². The Labute approximate surface area is 197 Å². The van der Waals surface area contributed by atoms with E-state index in [0.29, 0.717) is 24.0 Å². The molecular formula is C30H25F3O. The van der Waals surface area contributed by atoms with Gasteiger partial charge in [0.2, 0.25) is 0 Å². The second-order valence-electron chi connectivity index (χ2n) is 8.83. The summed E-state index contributed by atoms with van der Waals surface area (Å²) in [5, 5.41) is 0. The smallest absolute Gasteiger partial charge is 0.167 e. The van der Waals surface area contributed by atoms with Gasteiger partial charge in [-0.15, -0.1) is 0 Å². The van der Waals surface area contributed by atoms with Crippen molar-refractivity contribution in [3.05, 3.63) is 114 Å². The Morgan fingerprint density at radius 3 is 1.94 bits per heavy atom. The third-order valence-electron chi connectivity index (χ3n) is 6.63. The van der Waals surface area contributed by atoms with Gasteiger partial charge in [-0.3, -0.25) is 0 Å². The van der Waals surface area contributed by atoms with Gasteiger partial charge in [-0.1, -0.05) is 79.4 Å². The minimum atomic E-state index is -0.869. The first kappa shape index (κ1) is 22.4. The van der Waals surface area contributed by atoms with Crippen LogP contribution in [0.4, 0.5) is 13.2 Å². The number of allylic oxidation sites excluding steroid dienone is 3. The molecule has 4 heteroatoms. The van der Waals surface area contributed by atoms with Crippen LogP contribution in [0.5, 0.6) is 0 Å². The predicted molar refractivity (Wildman–Crippen MR) is 131 cm³/mol. The minimum Gasteiger partial charge on any atom is -0.372 e. The van der Waals surface area contributed by atoms with Gasteiger partial charge in [-0.05, 0) is 53.2 Å². The highest BCUT2D eigenvalue weighted by molar-refractivity contribution is 5.72. The van der Waals surface area contributed by atoms with Crippen molar-refractivity contribution < 1.29 is 17.9 Å². The van der Waals surface area contributed by atoms with Crippen molar-refractivity contribution in [2.24, 2.45) is 5.92 Å². The molecule has 0 spiro atoms. The maximum Gasteiger partial charge on any atom is 0.167 e. The molecule has 1 nitrogen and oxygen atoms in total. The van der Waals surface area contributed by atoms with Gasteiger partial charge in [0.1, 0.15) is 5.83 Å². The largest absolute Gasteiger partial charge is 0.372 e. The second kappa shape index (κ2) is 9.47. The number of rotatable bonds is 7. The number of hydrogen-bond donors (Lipinski definition) is 0. The van der Waals surface area contributed by atoms with E-state index < -0.39 is 11.6 Å². The third kappa shape index (κ3) is 4.64. The third-order valence-corrected chi connectivity index (χ3v) is 6.63. The summed E-state index contributed by atoms with van der Waals surface area (Å²) in [6, 6.07) is 17.7. The minimum absolute atomic E-state index is 0.149. The lowest BCUT2D eigenvalue weighted by molar-refractivity contribution is 0.356. The Balaban J connectivity index is 1.28. The summed E-state index contributed by atoms with van der Waals surface area (Å²) in [7, 11) is 0. The van der Waals surface area contributed by atoms with Gasteiger partial charge in [0.25, 0.3) is 0 Å². The molecule has 0 saturated carbocycles. The summed E-state index contributed by atoms with van der Waals surface area (Å²) in [5.41, 5.74) is 4.31. The van der Waals surface area contributed by atoms with Crippen molar-refractivity contribution in [1.82, 2.24) is 0 Å². The molecule has 1 heterocycles. The van der Waals surface area contributed by atoms with Crippen molar-refractivity contribution in [3.63, 3.8) is 0 Å². The SMILES string of the molecule is C=Cc1ccc(-c2ccc(-c3ccc(CCC4=CCC(C5CO5)C=C4F)cc3)c(F)c2F)cc1. The summed E-state index contributed by atoms with van der Waals surface area (Å²) in [4.78, 5) is 0. The van der Waals surface area contributed by atoms with Crippen molar-refractivity contribution in [1.29, 1.82) is 0 Å². The molecule has 0 aromatic heterocycles. The van der Waals surface area contributed by atoms with E-state index >= 15 is 0 Å². The number of epoxide rings is 1. The summed E-state index contributed by atoms with van der Waals surface area (Å²) in [6.45, 7) is 4.43. The molecule has 3 aromatic rings. The number of hydrogen-bond acceptors (Lipinski definition) is 1. The van der Waals surface area contributed by atoms with Crippen LogP contribution in [0.2, 0.25) is 0 Å². The maximum atomic E-state index is 15.0. The molecular weight excluding hydrogens is 433 g/mol. The van der Waals surface area contributed by atoms with Crippen LogP contribution in [0.1, 0.15) is 24.0 Å². The van der Waals surface area contributed by atoms with Crippen LogP contribution in [0.25, 0.3) is 28.3 Å². The van der Waals surface area contributed by atoms with Gasteiger partial charge >= 0.3 is 0 Å². The molecule has 1 saturated heterocycles. The fraction of sp³-hybridized carbons (Fsp3) is 0.200. The molecule has 0 bridgehead atoms. The van der Waals surface area contributed by atoms with Gasteiger partial charge in [0.15, 0.2) is 11.6 Å². The Morgan fingerprint density at radius 2 is 1.41 bits per heavy atom. The van der Waals surface area contributed by atoms with Crippen LogP contribution in [-0.2, 0) is 11.2 Å². The molecule has 1 aliphatic heterocycles. The number of benzene rings is 3. The first-order valence-corrected chi connectivity index (χ1v) is 11.5. The van der Waals surface area contributed by atoms with Crippen LogP contribution in [-0.4, -0.2) is 12.7 Å². The first-order valence-electron chi connectivity index (χ1n) is 11.5. The number of aryl methyl sites for hydroxylation is 1. The average Bonchev–Trinajstić information content (AvgIpc) is 3.71. The molecule has 0 amide bonds. The van der Waals surface area contributed by atoms with Gasteiger partial charge < -0.3 is 4.74 Å². The average molecular weight is 459 g/mol. The van der Waals surface area contributed by atoms with E-state index in [-0.39, 0.29) is 29.0 Å². The molecule has 2 atom stereocenters. The van der Waals surface area contributed by atoms with Crippen molar-refractivity contribution in [2.45, 2.75) is 25.4 Å². The van der Waals surface area contributed by atoms with Gasteiger partial charge in [-0.25, -0.2) is 13.2 Å². The molecule has 1 aliphatic carbocycles. The van der Waals surface area contributed by atoms with E-state index in [4.69, 9.17) is 4.74 Å². The normalized spacial score (nSPS) is 19.4. The lowest BCUT2D eigenvalue weighted by Gasteiger charge is -2.16. The van der Waals surface area contributed by atoms with Crippen LogP contribution in [0.15, 0.2) is 90.8 Å². The quantitative estimate of drug-likeness (QED) is 0.326. The second-order valence-corrected chi connectivity index (χ2v) is 8.83. The highest BCUT2D eigenvalue weighted by atomic mass is 19.2. The zero-order valence-corrected chi connectivity index (χ0v) is 18.7. The van der Waals surface area contributed by atoms with E-state index in [1.807, 2.05) is 30.3 Å². The molecule has 0 N–H and O–H groups in total. The van der Waals surface area contributed by atoms with E-state index in [1.54, 1.807) is 48.6 Å². The molecule has 34 heavy (non-hydrogen) atoms. The van der Waals surface area contributed by atoms with Crippen molar-refractivity contribution in [3.8, 4) is 22.3 Å². The lowest BCUT2D eigenvalue weighted by Crippen LogP contribution is -2.09. The molecule has 0 radical (unpaired) electrons. The van der Waals surface area contributed by atoms with Gasteiger partial charge in [0, 0.05) is 17.0 Å². The summed E-state index contributed by atoms with van der Waals surface area (Å²) in [5.74, 6) is -1.74. The van der Waals surface area contributed by atoms with Crippen LogP contribution in [0, 0.1) is 17.6 Å². The number of ether oxygens (including phenoxy) is 1. The fourth-order valence-electron chi connectivity index (χ4n) is 4.45. The predicted octanol–water partition coefficient (Wildman–Crippen LogP) is 8.07.